The molecule has 7 nitrogen and oxygen atoms in total. The van der Waals surface area contributed by atoms with Gasteiger partial charge in [-0.2, -0.15) is 0 Å². The third-order valence-corrected chi connectivity index (χ3v) is 11.3. The zero-order chi connectivity index (χ0) is 30.7. The quantitative estimate of drug-likeness (QED) is 0.491. The fraction of sp³-hybridized carbons (Fsp3) is 0.600. The van der Waals surface area contributed by atoms with E-state index < -0.39 is 81.9 Å². The van der Waals surface area contributed by atoms with Gasteiger partial charge >= 0.3 is 6.36 Å². The van der Waals surface area contributed by atoms with E-state index in [0.717, 1.165) is 18.2 Å². The summed E-state index contributed by atoms with van der Waals surface area (Å²) < 4.78 is 75.4. The van der Waals surface area contributed by atoms with Crippen molar-refractivity contribution in [1.82, 2.24) is 0 Å². The van der Waals surface area contributed by atoms with Crippen molar-refractivity contribution in [1.29, 1.82) is 0 Å². The first-order valence-electron chi connectivity index (χ1n) is 13.9. The van der Waals surface area contributed by atoms with Crippen LogP contribution >= 0.6 is 0 Å². The largest absolute Gasteiger partial charge is 0.573 e. The number of Topliss-reactive ketones (excluding diaryl/α,β-unsaturated/α-hetero) is 1. The van der Waals surface area contributed by atoms with Gasteiger partial charge in [0.15, 0.2) is 22.8 Å². The minimum Gasteiger partial charge on any atom is -0.406 e. The molecular formula is C30H32F5NO6. The lowest BCUT2D eigenvalue weighted by atomic mass is 9.39. The summed E-state index contributed by atoms with van der Waals surface area (Å²) >= 11 is 0. The van der Waals surface area contributed by atoms with Gasteiger partial charge in [0.05, 0.1) is 18.3 Å². The highest BCUT2D eigenvalue weighted by molar-refractivity contribution is 6.01. The van der Waals surface area contributed by atoms with E-state index in [4.69, 9.17) is 4.84 Å². The molecule has 228 valence electrons. The van der Waals surface area contributed by atoms with Crippen LogP contribution < -0.4 is 9.80 Å². The van der Waals surface area contributed by atoms with Crippen molar-refractivity contribution in [3.63, 3.8) is 0 Å². The second kappa shape index (κ2) is 8.86. The minimum absolute atomic E-state index is 0.0142. The summed E-state index contributed by atoms with van der Waals surface area (Å²) in [5.74, 6) is -3.29. The molecule has 4 fully saturated rings. The Hall–Kier alpha value is -2.83. The number of fused-ring (bicyclic) bond motifs is 7. The van der Waals surface area contributed by atoms with E-state index in [0.29, 0.717) is 5.69 Å². The van der Waals surface area contributed by atoms with Crippen LogP contribution in [0.3, 0.4) is 0 Å². The highest BCUT2D eigenvalue weighted by Crippen LogP contribution is 2.77. The first kappa shape index (κ1) is 29.3. The molecule has 1 aromatic rings. The second-order valence-electron chi connectivity index (χ2n) is 12.9. The summed E-state index contributed by atoms with van der Waals surface area (Å²) in [4.78, 5) is 32.2. The van der Waals surface area contributed by atoms with Gasteiger partial charge < -0.3 is 14.9 Å². The number of benzene rings is 1. The van der Waals surface area contributed by atoms with Crippen molar-refractivity contribution in [2.45, 2.75) is 69.9 Å². The van der Waals surface area contributed by atoms with Gasteiger partial charge in [0.1, 0.15) is 18.5 Å². The van der Waals surface area contributed by atoms with Gasteiger partial charge in [-0.05, 0) is 73.6 Å². The van der Waals surface area contributed by atoms with Crippen LogP contribution in [0.2, 0.25) is 0 Å². The number of anilines is 1. The Bertz CT molecular complexity index is 1400. The van der Waals surface area contributed by atoms with Crippen molar-refractivity contribution in [2.75, 3.05) is 18.2 Å². The Morgan fingerprint density at radius 2 is 1.83 bits per heavy atom. The van der Waals surface area contributed by atoms with E-state index in [2.05, 4.69) is 4.74 Å². The lowest BCUT2D eigenvalue weighted by molar-refractivity contribution is -0.274. The van der Waals surface area contributed by atoms with Crippen LogP contribution in [0.15, 0.2) is 48.1 Å². The number of aliphatic hydroxyl groups excluding tert-OH is 2. The maximum atomic E-state index is 17.7. The number of aliphatic hydroxyl groups is 2. The number of allylic oxidation sites excluding steroid dienone is 4. The van der Waals surface area contributed by atoms with Crippen molar-refractivity contribution >= 4 is 17.3 Å². The first-order valence-corrected chi connectivity index (χ1v) is 13.9. The number of alkyl halides is 5. The minimum atomic E-state index is -4.87. The Morgan fingerprint density at radius 3 is 2.45 bits per heavy atom. The monoisotopic (exact) mass is 597 g/mol. The van der Waals surface area contributed by atoms with Crippen LogP contribution in [0.1, 0.15) is 40.0 Å². The van der Waals surface area contributed by atoms with E-state index in [1.54, 1.807) is 13.8 Å². The topological polar surface area (TPSA) is 96.3 Å². The van der Waals surface area contributed by atoms with Crippen LogP contribution in [0.5, 0.6) is 5.75 Å². The molecule has 0 radical (unpaired) electrons. The van der Waals surface area contributed by atoms with Gasteiger partial charge in [-0.15, -0.1) is 13.2 Å². The molecule has 1 aliphatic heterocycles. The summed E-state index contributed by atoms with van der Waals surface area (Å²) in [6.45, 7) is 4.15. The van der Waals surface area contributed by atoms with Crippen molar-refractivity contribution in [3.8, 4) is 5.75 Å². The highest BCUT2D eigenvalue weighted by atomic mass is 19.4. The molecule has 5 aliphatic rings. The lowest BCUT2D eigenvalue weighted by Gasteiger charge is -2.67. The molecule has 1 heterocycles. The van der Waals surface area contributed by atoms with Gasteiger partial charge in [0.25, 0.3) is 0 Å². The van der Waals surface area contributed by atoms with Crippen LogP contribution in [-0.2, 0) is 14.4 Å². The molecule has 6 rings (SSSR count). The second-order valence-corrected chi connectivity index (χ2v) is 12.9. The van der Waals surface area contributed by atoms with Crippen molar-refractivity contribution in [3.05, 3.63) is 48.1 Å². The fourth-order valence-corrected chi connectivity index (χ4v) is 9.29. The van der Waals surface area contributed by atoms with Crippen molar-refractivity contribution in [2.24, 2.45) is 28.1 Å². The Kier molecular flexibility index (Phi) is 6.17. The summed E-state index contributed by atoms with van der Waals surface area (Å²) in [6, 6.07) is 4.88. The molecule has 9 atom stereocenters. The number of ketones is 2. The number of carbonyl (C=O) groups excluding carboxylic acids is 2. The van der Waals surface area contributed by atoms with Crippen molar-refractivity contribution < 1.29 is 51.3 Å². The van der Waals surface area contributed by atoms with Gasteiger partial charge in [-0.3, -0.25) is 19.5 Å². The van der Waals surface area contributed by atoms with E-state index >= 15 is 8.78 Å². The Labute approximate surface area is 238 Å². The number of hydrogen-bond donors (Lipinski definition) is 2. The third-order valence-electron chi connectivity index (χ3n) is 11.3. The Balaban J connectivity index is 1.41. The van der Waals surface area contributed by atoms with E-state index in [1.165, 1.54) is 36.3 Å². The molecule has 12 heteroatoms. The molecule has 0 unspecified atom stereocenters. The van der Waals surface area contributed by atoms with E-state index in [1.807, 2.05) is 0 Å². The molecule has 1 saturated heterocycles. The molecular weight excluding hydrogens is 565 g/mol. The zero-order valence-corrected chi connectivity index (χ0v) is 23.3. The summed E-state index contributed by atoms with van der Waals surface area (Å²) in [7, 11) is 0. The van der Waals surface area contributed by atoms with Gasteiger partial charge in [-0.25, -0.2) is 8.78 Å². The number of rotatable bonds is 4. The number of halogens is 5. The van der Waals surface area contributed by atoms with E-state index in [9.17, 15) is 33.0 Å². The first-order chi connectivity index (χ1) is 19.5. The molecule has 0 aromatic heterocycles. The molecule has 42 heavy (non-hydrogen) atoms. The predicted octanol–water partition coefficient (Wildman–Crippen LogP) is 4.57. The lowest BCUT2D eigenvalue weighted by Crippen LogP contribution is -2.73. The third kappa shape index (κ3) is 3.48. The maximum absolute atomic E-state index is 17.7. The van der Waals surface area contributed by atoms with Crippen LogP contribution in [-0.4, -0.2) is 64.8 Å². The van der Waals surface area contributed by atoms with Gasteiger partial charge in [-0.1, -0.05) is 19.9 Å². The average molecular weight is 598 g/mol. The number of hydroxylamine groups is 1. The predicted molar refractivity (Wildman–Crippen MR) is 139 cm³/mol. The fourth-order valence-electron chi connectivity index (χ4n) is 9.29. The molecule has 1 aromatic carbocycles. The SMILES string of the molecule is C[C@]12C[C@H](O)[C@@]3(F)[C@@H](C[C@H](F)C4=CC(=O)C=C[C@@]43C)[C@]1(C)C[C@H]1CN(c3ccc(OC(F)(F)F)cc3)O[C@]12C(=O)CO. The molecule has 0 amide bonds. The zero-order valence-electron chi connectivity index (χ0n) is 23.3. The average Bonchev–Trinajstić information content (AvgIpc) is 3.37. The normalized spacial score (nSPS) is 44.2. The van der Waals surface area contributed by atoms with Crippen LogP contribution in [0, 0.1) is 28.1 Å². The summed E-state index contributed by atoms with van der Waals surface area (Å²) in [5.41, 5.74) is -7.79. The maximum Gasteiger partial charge on any atom is 0.573 e. The highest BCUT2D eigenvalue weighted by Gasteiger charge is 2.83. The Morgan fingerprint density at radius 1 is 1.17 bits per heavy atom. The molecule has 3 saturated carbocycles. The van der Waals surface area contributed by atoms with Crippen LogP contribution in [0.4, 0.5) is 27.6 Å². The standard InChI is InChI=1S/C30H32F5NO6/c1-25-9-8-18(38)10-20(25)21(31)11-22-26(2)12-16-14-36(17-4-6-19(7-5-17)41-30(33,34)35)42-29(16,24(40)15-37)27(26,3)13-23(39)28(22,25)32/h4-10,16,21-23,37,39H,11-15H2,1-3H3/t16-,21-,22-,23-,25-,26-,27-,28-,29-/m0/s1. The number of ether oxygens (including phenoxy) is 1. The number of carbonyl (C=O) groups is 2. The van der Waals surface area contributed by atoms with Gasteiger partial charge in [0.2, 0.25) is 0 Å². The summed E-state index contributed by atoms with van der Waals surface area (Å²) in [6.07, 6.45) is -4.97. The van der Waals surface area contributed by atoms with Crippen LogP contribution in [0.25, 0.3) is 0 Å². The molecule has 0 spiro atoms. The molecule has 2 N–H and O–H groups in total. The van der Waals surface area contributed by atoms with E-state index in [-0.39, 0.29) is 31.4 Å². The summed E-state index contributed by atoms with van der Waals surface area (Å²) in [5, 5.41) is 23.1. The molecule has 4 aliphatic carbocycles. The number of nitrogens with zero attached hydrogens (tertiary/aromatic N) is 1. The van der Waals surface area contributed by atoms with Gasteiger partial charge in [0, 0.05) is 22.7 Å². The number of hydrogen-bond acceptors (Lipinski definition) is 7. The smallest absolute Gasteiger partial charge is 0.406 e. The molecule has 0 bridgehead atoms.